The van der Waals surface area contributed by atoms with E-state index in [1.165, 1.54) is 18.5 Å². The van der Waals surface area contributed by atoms with Gasteiger partial charge in [-0.05, 0) is 58.9 Å². The van der Waals surface area contributed by atoms with E-state index >= 15 is 0 Å². The van der Waals surface area contributed by atoms with E-state index in [1.54, 1.807) is 42.2 Å². The van der Waals surface area contributed by atoms with Gasteiger partial charge < -0.3 is 15.0 Å². The molecule has 1 amide bonds. The Hall–Kier alpha value is -3.00. The first-order valence-electron chi connectivity index (χ1n) is 10.4. The predicted molar refractivity (Wildman–Crippen MR) is 116 cm³/mol. The van der Waals surface area contributed by atoms with E-state index in [-0.39, 0.29) is 23.7 Å². The predicted octanol–water partition coefficient (Wildman–Crippen LogP) is 3.40. The van der Waals surface area contributed by atoms with Crippen molar-refractivity contribution in [2.45, 2.75) is 52.3 Å². The third-order valence-corrected chi connectivity index (χ3v) is 5.26. The number of halogens is 1. The third kappa shape index (κ3) is 4.12. The lowest BCUT2D eigenvalue weighted by Crippen LogP contribution is -2.55. The summed E-state index contributed by atoms with van der Waals surface area (Å²) >= 11 is 0. The number of nitrogens with zero attached hydrogens (tertiary/aromatic N) is 3. The number of imidazole rings is 1. The van der Waals surface area contributed by atoms with Gasteiger partial charge in [0.2, 0.25) is 0 Å². The monoisotopic (exact) mass is 426 g/mol. The van der Waals surface area contributed by atoms with Gasteiger partial charge in [-0.25, -0.2) is 14.2 Å². The summed E-state index contributed by atoms with van der Waals surface area (Å²) in [6.45, 7) is 10.5. The fourth-order valence-electron chi connectivity index (χ4n) is 4.16. The van der Waals surface area contributed by atoms with Gasteiger partial charge in [0.1, 0.15) is 17.7 Å². The average molecular weight is 426 g/mol. The molecule has 2 aromatic heterocycles. The van der Waals surface area contributed by atoms with Crippen molar-refractivity contribution in [2.75, 3.05) is 13.1 Å². The van der Waals surface area contributed by atoms with Crippen LogP contribution in [-0.4, -0.2) is 56.9 Å². The first-order valence-corrected chi connectivity index (χ1v) is 10.4. The van der Waals surface area contributed by atoms with E-state index < -0.39 is 17.4 Å². The number of amides is 1. The Morgan fingerprint density at radius 3 is 2.45 bits per heavy atom. The Morgan fingerprint density at radius 2 is 1.81 bits per heavy atom. The van der Waals surface area contributed by atoms with Crippen LogP contribution >= 0.6 is 0 Å². The standard InChI is InChI=1S/C23H27FN4O3/c1-13-10-27(11-14(2)26-13)21(29)17-9-19-20(22(30)31-23(3,4)5)25-12-28(19)18-7-6-15(24)8-16(17)18/h6-9,12-14,26H,10-11H2,1-5H3. The van der Waals surface area contributed by atoms with Crippen LogP contribution in [0.25, 0.3) is 16.4 Å². The van der Waals surface area contributed by atoms with Gasteiger partial charge in [0.05, 0.1) is 16.6 Å². The minimum atomic E-state index is -0.682. The molecule has 1 aliphatic heterocycles. The lowest BCUT2D eigenvalue weighted by molar-refractivity contribution is 0.00656. The maximum absolute atomic E-state index is 14.1. The van der Waals surface area contributed by atoms with Gasteiger partial charge in [-0.15, -0.1) is 0 Å². The molecule has 0 radical (unpaired) electrons. The molecular weight excluding hydrogens is 399 g/mol. The van der Waals surface area contributed by atoms with Crippen LogP contribution in [0.1, 0.15) is 55.5 Å². The summed E-state index contributed by atoms with van der Waals surface area (Å²) in [6, 6.07) is 6.19. The molecule has 3 aromatic rings. The van der Waals surface area contributed by atoms with Crippen LogP contribution in [0.4, 0.5) is 4.39 Å². The molecule has 1 N–H and O–H groups in total. The number of aromatic nitrogens is 2. The van der Waals surface area contributed by atoms with E-state index in [2.05, 4.69) is 10.3 Å². The number of hydrogen-bond acceptors (Lipinski definition) is 5. The van der Waals surface area contributed by atoms with Crippen LogP contribution in [0.15, 0.2) is 30.6 Å². The molecule has 4 rings (SSSR count). The number of esters is 1. The maximum Gasteiger partial charge on any atom is 0.359 e. The van der Waals surface area contributed by atoms with Crippen molar-refractivity contribution in [3.05, 3.63) is 47.7 Å². The number of carbonyl (C=O) groups is 2. The summed E-state index contributed by atoms with van der Waals surface area (Å²) in [5.74, 6) is -1.20. The van der Waals surface area contributed by atoms with Gasteiger partial charge in [0.25, 0.3) is 5.91 Å². The van der Waals surface area contributed by atoms with E-state index in [9.17, 15) is 14.0 Å². The second-order valence-corrected chi connectivity index (χ2v) is 9.25. The largest absolute Gasteiger partial charge is 0.455 e. The quantitative estimate of drug-likeness (QED) is 0.636. The number of piperazine rings is 1. The molecule has 1 saturated heterocycles. The molecule has 1 fully saturated rings. The number of nitrogens with one attached hydrogen (secondary N) is 1. The van der Waals surface area contributed by atoms with E-state index in [0.29, 0.717) is 35.1 Å². The molecule has 0 spiro atoms. The highest BCUT2D eigenvalue weighted by molar-refractivity contribution is 6.09. The zero-order valence-electron chi connectivity index (χ0n) is 18.4. The van der Waals surface area contributed by atoms with E-state index in [0.717, 1.165) is 0 Å². The molecule has 1 aliphatic rings. The highest BCUT2D eigenvalue weighted by Gasteiger charge is 2.29. The second kappa shape index (κ2) is 7.60. The molecule has 2 unspecified atom stereocenters. The molecule has 7 nitrogen and oxygen atoms in total. The van der Waals surface area contributed by atoms with Crippen LogP contribution in [0.3, 0.4) is 0 Å². The Morgan fingerprint density at radius 1 is 1.13 bits per heavy atom. The topological polar surface area (TPSA) is 75.9 Å². The molecule has 31 heavy (non-hydrogen) atoms. The molecule has 1 aromatic carbocycles. The fraction of sp³-hybridized carbons (Fsp3) is 0.435. The van der Waals surface area contributed by atoms with Crippen molar-refractivity contribution in [1.29, 1.82) is 0 Å². The first kappa shape index (κ1) is 21.2. The van der Waals surface area contributed by atoms with Crippen LogP contribution in [0.5, 0.6) is 0 Å². The van der Waals surface area contributed by atoms with Gasteiger partial charge in [-0.3, -0.25) is 9.20 Å². The second-order valence-electron chi connectivity index (χ2n) is 9.25. The first-order chi connectivity index (χ1) is 14.5. The smallest absolute Gasteiger partial charge is 0.359 e. The number of hydrogen-bond donors (Lipinski definition) is 1. The van der Waals surface area contributed by atoms with Crippen LogP contribution in [0, 0.1) is 5.82 Å². The van der Waals surface area contributed by atoms with Crippen molar-refractivity contribution in [3.63, 3.8) is 0 Å². The zero-order valence-corrected chi connectivity index (χ0v) is 18.4. The summed E-state index contributed by atoms with van der Waals surface area (Å²) in [5.41, 5.74) is 0.832. The van der Waals surface area contributed by atoms with Crippen molar-refractivity contribution in [2.24, 2.45) is 0 Å². The highest BCUT2D eigenvalue weighted by Crippen LogP contribution is 2.27. The van der Waals surface area contributed by atoms with Crippen LogP contribution in [-0.2, 0) is 4.74 Å². The molecule has 0 aliphatic carbocycles. The Balaban J connectivity index is 1.88. The lowest BCUT2D eigenvalue weighted by atomic mass is 10.0. The molecule has 2 atom stereocenters. The molecule has 164 valence electrons. The molecular formula is C23H27FN4O3. The van der Waals surface area contributed by atoms with Crippen LogP contribution < -0.4 is 5.32 Å². The third-order valence-electron chi connectivity index (χ3n) is 5.26. The van der Waals surface area contributed by atoms with Crippen molar-refractivity contribution < 1.29 is 18.7 Å². The average Bonchev–Trinajstić information content (AvgIpc) is 3.08. The summed E-state index contributed by atoms with van der Waals surface area (Å²) in [4.78, 5) is 32.3. The summed E-state index contributed by atoms with van der Waals surface area (Å²) in [6.07, 6.45) is 1.50. The van der Waals surface area contributed by atoms with E-state index in [4.69, 9.17) is 4.74 Å². The van der Waals surface area contributed by atoms with Crippen molar-refractivity contribution in [3.8, 4) is 0 Å². The number of fused-ring (bicyclic) bond motifs is 3. The number of rotatable bonds is 2. The Labute approximate surface area is 180 Å². The Kier molecular flexibility index (Phi) is 5.21. The molecule has 8 heteroatoms. The van der Waals surface area contributed by atoms with Gasteiger partial charge in [-0.1, -0.05) is 0 Å². The normalized spacial score (nSPS) is 19.7. The Bertz CT molecular complexity index is 1170. The van der Waals surface area contributed by atoms with Gasteiger partial charge >= 0.3 is 5.97 Å². The summed E-state index contributed by atoms with van der Waals surface area (Å²) in [5, 5.41) is 3.88. The minimum absolute atomic E-state index is 0.122. The fourth-order valence-corrected chi connectivity index (χ4v) is 4.16. The lowest BCUT2D eigenvalue weighted by Gasteiger charge is -2.36. The number of pyridine rings is 1. The highest BCUT2D eigenvalue weighted by atomic mass is 19.1. The van der Waals surface area contributed by atoms with Gasteiger partial charge in [0, 0.05) is 30.6 Å². The number of carbonyl (C=O) groups excluding carboxylic acids is 2. The minimum Gasteiger partial charge on any atom is -0.455 e. The zero-order chi connectivity index (χ0) is 22.5. The van der Waals surface area contributed by atoms with Crippen molar-refractivity contribution in [1.82, 2.24) is 19.6 Å². The number of ether oxygens (including phenoxy) is 1. The van der Waals surface area contributed by atoms with Crippen molar-refractivity contribution >= 4 is 28.3 Å². The SMILES string of the molecule is CC1CN(C(=O)c2cc3c(C(=O)OC(C)(C)C)ncn3c3ccc(F)cc23)CC(C)N1. The summed E-state index contributed by atoms with van der Waals surface area (Å²) < 4.78 is 21.3. The van der Waals surface area contributed by atoms with Gasteiger partial charge in [-0.2, -0.15) is 0 Å². The molecule has 0 saturated carbocycles. The number of benzene rings is 1. The molecule has 3 heterocycles. The van der Waals surface area contributed by atoms with Gasteiger partial charge in [0.15, 0.2) is 5.69 Å². The molecule has 0 bridgehead atoms. The summed E-state index contributed by atoms with van der Waals surface area (Å²) in [7, 11) is 0. The maximum atomic E-state index is 14.1. The van der Waals surface area contributed by atoms with Crippen LogP contribution in [0.2, 0.25) is 0 Å². The van der Waals surface area contributed by atoms with E-state index in [1.807, 2.05) is 13.8 Å².